The minimum Gasteiger partial charge on any atom is -0.0630 e. The molecular weight excluding hydrogens is 504 g/mol. The molecule has 0 fully saturated rings. The average Bonchev–Trinajstić information content (AvgIpc) is 3.30. The first-order chi connectivity index (χ1) is 20.1. The van der Waals surface area contributed by atoms with Crippen molar-refractivity contribution in [3.8, 4) is 0 Å². The Bertz CT molecular complexity index is 959. The van der Waals surface area contributed by atoms with E-state index in [1.54, 1.807) is 33.4 Å². The van der Waals surface area contributed by atoms with Crippen LogP contribution in [0, 0.1) is 17.8 Å². The second kappa shape index (κ2) is 23.2. The Morgan fingerprint density at radius 2 is 0.452 bits per heavy atom. The van der Waals surface area contributed by atoms with E-state index in [4.69, 9.17) is 0 Å². The Morgan fingerprint density at radius 3 is 0.667 bits per heavy atom. The van der Waals surface area contributed by atoms with Gasteiger partial charge in [-0.3, -0.25) is 0 Å². The zero-order valence-corrected chi connectivity index (χ0v) is 29.1. The zero-order chi connectivity index (χ0) is 31.2. The van der Waals surface area contributed by atoms with Gasteiger partial charge in [0, 0.05) is 0 Å². The highest BCUT2D eigenvalue weighted by Gasteiger charge is 2.08. The van der Waals surface area contributed by atoms with Crippen LogP contribution in [0.3, 0.4) is 0 Å². The van der Waals surface area contributed by atoms with Crippen molar-refractivity contribution in [1.82, 2.24) is 0 Å². The highest BCUT2D eigenvalue weighted by atomic mass is 14.1. The van der Waals surface area contributed by atoms with Crippen molar-refractivity contribution >= 4 is 0 Å². The molecule has 0 saturated carbocycles. The molecule has 0 aliphatic heterocycles. The normalized spacial score (nSPS) is 14.3. The standard InChI is InChI=1S/C11H14.C10H12.C9H10.3C4H10/c1-2-6-10-8-4-5-9-11(10)7-3-1;1-2-6-10-8-4-3-7-9(10)5-1;1-2-5-9-7-3-6-8(9)4-1;3*1-4(2)3/h4-5,8-9H,1-3,6-7H2;1-2,5-6H,3-4,7-8H2;1-2,4-5H,3,6-7H2;3*4H,1-3H3. The lowest BCUT2D eigenvalue weighted by Gasteiger charge is -2.13. The number of hydrogen-bond acceptors (Lipinski definition) is 0. The van der Waals surface area contributed by atoms with E-state index in [1.807, 2.05) is 0 Å². The lowest BCUT2D eigenvalue weighted by molar-refractivity contribution is 0.685. The third-order valence-corrected chi connectivity index (χ3v) is 6.78. The summed E-state index contributed by atoms with van der Waals surface area (Å²) in [5, 5.41) is 0. The molecule has 0 bridgehead atoms. The molecule has 0 heteroatoms. The Hall–Kier alpha value is -2.34. The molecule has 0 aromatic heterocycles. The fraction of sp³-hybridized carbons (Fsp3) is 0.571. The van der Waals surface area contributed by atoms with Crippen LogP contribution in [0.15, 0.2) is 72.8 Å². The summed E-state index contributed by atoms with van der Waals surface area (Å²) in [6, 6.07) is 26.4. The van der Waals surface area contributed by atoms with Gasteiger partial charge in [0.05, 0.1) is 0 Å². The molecule has 0 radical (unpaired) electrons. The first-order valence-electron chi connectivity index (χ1n) is 17.3. The predicted molar refractivity (Wildman–Crippen MR) is 191 cm³/mol. The molecule has 0 atom stereocenters. The molecule has 6 rings (SSSR count). The van der Waals surface area contributed by atoms with Crippen LogP contribution in [0.25, 0.3) is 0 Å². The van der Waals surface area contributed by atoms with Crippen molar-refractivity contribution in [2.45, 2.75) is 139 Å². The number of hydrogen-bond donors (Lipinski definition) is 0. The third-order valence-electron chi connectivity index (χ3n) is 6.78. The maximum absolute atomic E-state index is 2.28. The molecule has 0 saturated heterocycles. The molecule has 0 amide bonds. The number of fused-ring (bicyclic) bond motifs is 3. The molecule has 3 aromatic carbocycles. The van der Waals surface area contributed by atoms with Gasteiger partial charge in [-0.25, -0.2) is 0 Å². The maximum Gasteiger partial charge on any atom is -0.0273 e. The maximum atomic E-state index is 2.28. The first kappa shape index (κ1) is 37.7. The van der Waals surface area contributed by atoms with E-state index in [9.17, 15) is 0 Å². The van der Waals surface area contributed by atoms with Crippen LogP contribution in [0.1, 0.15) is 134 Å². The van der Waals surface area contributed by atoms with Gasteiger partial charge in [-0.05, 0) is 122 Å². The third kappa shape index (κ3) is 19.0. The number of aryl methyl sites for hydroxylation is 6. The Kier molecular flexibility index (Phi) is 20.8. The summed E-state index contributed by atoms with van der Waals surface area (Å²) in [6.07, 6.45) is 16.1. The molecule has 234 valence electrons. The molecule has 3 aliphatic rings. The highest BCUT2D eigenvalue weighted by molar-refractivity contribution is 5.31. The Balaban J connectivity index is 0.000000267. The van der Waals surface area contributed by atoms with E-state index in [-0.39, 0.29) is 0 Å². The van der Waals surface area contributed by atoms with Crippen molar-refractivity contribution < 1.29 is 0 Å². The van der Waals surface area contributed by atoms with Gasteiger partial charge < -0.3 is 0 Å². The second-order valence-corrected chi connectivity index (χ2v) is 14.1. The van der Waals surface area contributed by atoms with Crippen LogP contribution in [-0.4, -0.2) is 0 Å². The molecular formula is C42H66. The lowest BCUT2D eigenvalue weighted by atomic mass is 9.92. The van der Waals surface area contributed by atoms with E-state index in [0.717, 1.165) is 17.8 Å². The van der Waals surface area contributed by atoms with Gasteiger partial charge in [0.15, 0.2) is 0 Å². The van der Waals surface area contributed by atoms with Gasteiger partial charge in [0.25, 0.3) is 0 Å². The summed E-state index contributed by atoms with van der Waals surface area (Å²) in [4.78, 5) is 0. The van der Waals surface area contributed by atoms with Crippen LogP contribution in [-0.2, 0) is 38.5 Å². The van der Waals surface area contributed by atoms with E-state index >= 15 is 0 Å². The van der Waals surface area contributed by atoms with E-state index < -0.39 is 0 Å². The molecule has 0 nitrogen and oxygen atoms in total. The fourth-order valence-corrected chi connectivity index (χ4v) is 5.04. The number of benzene rings is 3. The SMILES string of the molecule is CC(C)C.CC(C)C.CC(C)C.c1ccc2c(c1)CCC2.c1ccc2c(c1)CCCC2.c1ccc2c(c1)CCCCC2. The summed E-state index contributed by atoms with van der Waals surface area (Å²) in [5.41, 5.74) is 9.47. The summed E-state index contributed by atoms with van der Waals surface area (Å²) in [6.45, 7) is 19.5. The number of rotatable bonds is 0. The molecule has 0 N–H and O–H groups in total. The van der Waals surface area contributed by atoms with Crippen molar-refractivity contribution in [3.05, 3.63) is 106 Å². The summed E-state index contributed by atoms with van der Waals surface area (Å²) in [7, 11) is 0. The fourth-order valence-electron chi connectivity index (χ4n) is 5.04. The van der Waals surface area contributed by atoms with E-state index in [2.05, 4.69) is 135 Å². The minimum absolute atomic E-state index is 0.833. The molecule has 42 heavy (non-hydrogen) atoms. The van der Waals surface area contributed by atoms with Gasteiger partial charge in [-0.2, -0.15) is 0 Å². The van der Waals surface area contributed by atoms with Crippen LogP contribution < -0.4 is 0 Å². The monoisotopic (exact) mass is 571 g/mol. The lowest BCUT2D eigenvalue weighted by Crippen LogP contribution is -2.00. The average molecular weight is 571 g/mol. The van der Waals surface area contributed by atoms with Crippen LogP contribution in [0.5, 0.6) is 0 Å². The molecule has 0 heterocycles. The molecule has 3 aliphatic carbocycles. The topological polar surface area (TPSA) is 0 Å². The van der Waals surface area contributed by atoms with E-state index in [0.29, 0.717) is 0 Å². The molecule has 0 unspecified atom stereocenters. The van der Waals surface area contributed by atoms with Gasteiger partial charge in [0.2, 0.25) is 0 Å². The van der Waals surface area contributed by atoms with Crippen molar-refractivity contribution in [1.29, 1.82) is 0 Å². The molecule has 0 spiro atoms. The van der Waals surface area contributed by atoms with Crippen LogP contribution in [0.2, 0.25) is 0 Å². The van der Waals surface area contributed by atoms with Gasteiger partial charge >= 0.3 is 0 Å². The first-order valence-corrected chi connectivity index (χ1v) is 17.3. The Morgan fingerprint density at radius 1 is 0.286 bits per heavy atom. The van der Waals surface area contributed by atoms with Crippen molar-refractivity contribution in [2.24, 2.45) is 17.8 Å². The highest BCUT2D eigenvalue weighted by Crippen LogP contribution is 2.21. The Labute approximate surface area is 262 Å². The van der Waals surface area contributed by atoms with Gasteiger partial charge in [-0.1, -0.05) is 142 Å². The summed E-state index contributed by atoms with van der Waals surface area (Å²) in [5.74, 6) is 2.50. The van der Waals surface area contributed by atoms with E-state index in [1.165, 1.54) is 77.0 Å². The van der Waals surface area contributed by atoms with Crippen LogP contribution in [0.4, 0.5) is 0 Å². The largest absolute Gasteiger partial charge is 0.0630 e. The summed E-state index contributed by atoms with van der Waals surface area (Å²) >= 11 is 0. The van der Waals surface area contributed by atoms with Crippen molar-refractivity contribution in [2.75, 3.05) is 0 Å². The second-order valence-electron chi connectivity index (χ2n) is 14.1. The minimum atomic E-state index is 0.833. The quantitative estimate of drug-likeness (QED) is 0.236. The predicted octanol–water partition coefficient (Wildman–Crippen LogP) is 12.7. The zero-order valence-electron chi connectivity index (χ0n) is 29.1. The summed E-state index contributed by atoms with van der Waals surface area (Å²) < 4.78 is 0. The molecule has 3 aromatic rings. The van der Waals surface area contributed by atoms with Crippen LogP contribution >= 0.6 is 0 Å². The van der Waals surface area contributed by atoms with Gasteiger partial charge in [-0.15, -0.1) is 0 Å². The van der Waals surface area contributed by atoms with Gasteiger partial charge in [0.1, 0.15) is 0 Å². The smallest absolute Gasteiger partial charge is 0.0273 e. The van der Waals surface area contributed by atoms with Crippen molar-refractivity contribution in [3.63, 3.8) is 0 Å².